The molecule has 51 heavy (non-hydrogen) atoms. The minimum atomic E-state index is -0.471. The van der Waals surface area contributed by atoms with Crippen molar-refractivity contribution in [1.82, 2.24) is 15.1 Å². The fourth-order valence-corrected chi connectivity index (χ4v) is 9.38. The molecule has 10 heteroatoms. The summed E-state index contributed by atoms with van der Waals surface area (Å²) in [7, 11) is 0. The monoisotopic (exact) mass is 707 g/mol. The molecule has 3 aromatic rings. The quantitative estimate of drug-likeness (QED) is 0.272. The van der Waals surface area contributed by atoms with E-state index in [1.54, 1.807) is 0 Å². The van der Waals surface area contributed by atoms with Crippen molar-refractivity contribution in [2.24, 2.45) is 4.99 Å². The maximum Gasteiger partial charge on any atom is 0.252 e. The molecule has 5 aliphatic heterocycles. The van der Waals surface area contributed by atoms with Crippen LogP contribution in [0.1, 0.15) is 96.5 Å². The molecule has 3 amide bonds. The molecule has 1 spiro atoms. The van der Waals surface area contributed by atoms with Crippen molar-refractivity contribution in [3.8, 4) is 5.75 Å². The summed E-state index contributed by atoms with van der Waals surface area (Å²) < 4.78 is 6.22. The molecule has 0 atom stereocenters. The predicted molar refractivity (Wildman–Crippen MR) is 200 cm³/mol. The van der Waals surface area contributed by atoms with Gasteiger partial charge in [0.05, 0.1) is 23.4 Å². The first kappa shape index (κ1) is 33.9. The first-order chi connectivity index (χ1) is 24.6. The molecule has 0 aliphatic carbocycles. The molecule has 266 valence electrons. The summed E-state index contributed by atoms with van der Waals surface area (Å²) in [6.07, 6.45) is 6.01. The number of nitrogens with one attached hydrogen (secondary N) is 1. The Balaban J connectivity index is 0.850. The summed E-state index contributed by atoms with van der Waals surface area (Å²) >= 11 is 6.51. The van der Waals surface area contributed by atoms with Crippen molar-refractivity contribution < 1.29 is 19.1 Å². The fraction of sp³-hybridized carbons (Fsp3) is 0.463. The summed E-state index contributed by atoms with van der Waals surface area (Å²) in [5, 5.41) is 3.60. The van der Waals surface area contributed by atoms with E-state index in [9.17, 15) is 14.4 Å². The van der Waals surface area contributed by atoms with Crippen LogP contribution in [-0.4, -0.2) is 73.2 Å². The minimum Gasteiger partial charge on any atom is -0.492 e. The second-order valence-electron chi connectivity index (χ2n) is 15.5. The predicted octanol–water partition coefficient (Wildman–Crippen LogP) is 6.79. The number of carbonyl (C=O) groups excluding carboxylic acids is 3. The number of nitrogens with zero attached hydrogens (tertiary/aromatic N) is 4. The number of rotatable bonds is 7. The van der Waals surface area contributed by atoms with Crippen LogP contribution in [0.2, 0.25) is 5.02 Å². The Morgan fingerprint density at radius 2 is 1.82 bits per heavy atom. The van der Waals surface area contributed by atoms with E-state index in [1.165, 1.54) is 11.1 Å². The van der Waals surface area contributed by atoms with Gasteiger partial charge in [-0.3, -0.25) is 19.3 Å². The average molecular weight is 708 g/mol. The SMILES string of the molecule is Cc1c(Cl)cccc1N1C(=NC=O)C(C)(C)c2cc(C3CCN(C(=O)CCCN4CCC5(CC4)COc4c5ccc5c4CNC5=O)CC3)ccc21. The van der Waals surface area contributed by atoms with Crippen LogP contribution in [0.15, 0.2) is 53.5 Å². The Morgan fingerprint density at radius 3 is 2.59 bits per heavy atom. The summed E-state index contributed by atoms with van der Waals surface area (Å²) in [5.74, 6) is 2.24. The van der Waals surface area contributed by atoms with E-state index in [0.29, 0.717) is 42.8 Å². The van der Waals surface area contributed by atoms with Gasteiger partial charge in [-0.05, 0) is 119 Å². The summed E-state index contributed by atoms with van der Waals surface area (Å²) in [6.45, 7) is 11.9. The second-order valence-corrected chi connectivity index (χ2v) is 15.9. The Labute approximate surface area is 305 Å². The van der Waals surface area contributed by atoms with Gasteiger partial charge in [0.25, 0.3) is 5.91 Å². The van der Waals surface area contributed by atoms with E-state index in [2.05, 4.69) is 63.1 Å². The number of fused-ring (bicyclic) bond motifs is 5. The highest BCUT2D eigenvalue weighted by Crippen LogP contribution is 2.50. The van der Waals surface area contributed by atoms with E-state index in [4.69, 9.17) is 16.3 Å². The molecule has 8 rings (SSSR count). The van der Waals surface area contributed by atoms with E-state index in [-0.39, 0.29) is 17.2 Å². The molecular weight excluding hydrogens is 662 g/mol. The number of halogens is 1. The van der Waals surface area contributed by atoms with Gasteiger partial charge in [0.1, 0.15) is 11.6 Å². The van der Waals surface area contributed by atoms with E-state index in [0.717, 1.165) is 104 Å². The lowest BCUT2D eigenvalue weighted by molar-refractivity contribution is -0.132. The van der Waals surface area contributed by atoms with Crippen LogP contribution in [0.25, 0.3) is 0 Å². The number of likely N-dealkylation sites (tertiary alicyclic amines) is 2. The number of aliphatic imine (C=N–C) groups is 1. The third-order valence-electron chi connectivity index (χ3n) is 12.4. The normalized spacial score (nSPS) is 21.4. The van der Waals surface area contributed by atoms with Gasteiger partial charge >= 0.3 is 0 Å². The van der Waals surface area contributed by atoms with Crippen LogP contribution in [-0.2, 0) is 27.0 Å². The Bertz CT molecular complexity index is 1940. The number of ether oxygens (including phenoxy) is 1. The van der Waals surface area contributed by atoms with Gasteiger partial charge < -0.3 is 19.9 Å². The summed E-state index contributed by atoms with van der Waals surface area (Å²) in [5.41, 5.74) is 7.90. The fourth-order valence-electron chi connectivity index (χ4n) is 9.21. The lowest BCUT2D eigenvalue weighted by atomic mass is 9.74. The third-order valence-corrected chi connectivity index (χ3v) is 12.8. The zero-order valence-electron chi connectivity index (χ0n) is 29.8. The van der Waals surface area contributed by atoms with Gasteiger partial charge in [-0.15, -0.1) is 0 Å². The van der Waals surface area contributed by atoms with Gasteiger partial charge in [0, 0.05) is 53.2 Å². The van der Waals surface area contributed by atoms with Gasteiger partial charge in [-0.1, -0.05) is 35.9 Å². The molecule has 0 aromatic heterocycles. The number of hydrogen-bond acceptors (Lipinski definition) is 5. The third kappa shape index (κ3) is 5.73. The minimum absolute atomic E-state index is 0.00555. The molecule has 0 unspecified atom stereocenters. The largest absolute Gasteiger partial charge is 0.492 e. The zero-order chi connectivity index (χ0) is 35.5. The van der Waals surface area contributed by atoms with Crippen molar-refractivity contribution in [2.75, 3.05) is 44.2 Å². The van der Waals surface area contributed by atoms with Gasteiger partial charge in [-0.2, -0.15) is 0 Å². The molecule has 9 nitrogen and oxygen atoms in total. The maximum absolute atomic E-state index is 13.3. The second kappa shape index (κ2) is 13.1. The molecule has 2 saturated heterocycles. The molecule has 3 aromatic carbocycles. The molecule has 5 heterocycles. The zero-order valence-corrected chi connectivity index (χ0v) is 30.5. The summed E-state index contributed by atoms with van der Waals surface area (Å²) in [4.78, 5) is 48.1. The Morgan fingerprint density at radius 1 is 1.04 bits per heavy atom. The maximum atomic E-state index is 13.3. The first-order valence-corrected chi connectivity index (χ1v) is 18.8. The van der Waals surface area contributed by atoms with Gasteiger partial charge in [0.15, 0.2) is 0 Å². The number of amides is 3. The number of anilines is 2. The van der Waals surface area contributed by atoms with Crippen LogP contribution in [0.5, 0.6) is 5.75 Å². The number of carbonyl (C=O) groups is 3. The van der Waals surface area contributed by atoms with Crippen molar-refractivity contribution in [1.29, 1.82) is 0 Å². The van der Waals surface area contributed by atoms with E-state index in [1.807, 2.05) is 31.2 Å². The lowest BCUT2D eigenvalue weighted by Crippen LogP contribution is -2.44. The molecule has 1 N–H and O–H groups in total. The Hall–Kier alpha value is -4.21. The molecule has 2 fully saturated rings. The van der Waals surface area contributed by atoms with E-state index >= 15 is 0 Å². The average Bonchev–Trinajstić information content (AvgIpc) is 3.76. The smallest absolute Gasteiger partial charge is 0.252 e. The Kier molecular flexibility index (Phi) is 8.70. The number of piperidine rings is 2. The number of amidine groups is 1. The molecule has 0 bridgehead atoms. The lowest BCUT2D eigenvalue weighted by Gasteiger charge is -2.38. The highest BCUT2D eigenvalue weighted by molar-refractivity contribution is 6.32. The first-order valence-electron chi connectivity index (χ1n) is 18.4. The number of hydrogen-bond donors (Lipinski definition) is 1. The van der Waals surface area contributed by atoms with Crippen LogP contribution in [0, 0.1) is 6.92 Å². The van der Waals surface area contributed by atoms with Crippen LogP contribution in [0.3, 0.4) is 0 Å². The van der Waals surface area contributed by atoms with Crippen molar-refractivity contribution in [3.05, 3.63) is 86.9 Å². The van der Waals surface area contributed by atoms with Crippen LogP contribution in [0.4, 0.5) is 11.4 Å². The topological polar surface area (TPSA) is 94.6 Å². The van der Waals surface area contributed by atoms with Gasteiger partial charge in [0.2, 0.25) is 12.3 Å². The van der Waals surface area contributed by atoms with E-state index < -0.39 is 5.41 Å². The standard InChI is InChI=1S/C41H46ClN5O4/c1-26-33(42)6-4-7-34(26)47-35-12-9-28(22-32(35)40(2,3)39(47)44-25-48)27-13-18-46(19-14-27)36(49)8-5-17-45-20-15-41(16-21-45)24-51-37-30-23-43-38(50)29(30)10-11-31(37)41/h4,6-7,9-12,22,25,27H,5,8,13-21,23-24H2,1-3H3,(H,43,50). The molecular formula is C41H46ClN5O4. The van der Waals surface area contributed by atoms with Crippen molar-refractivity contribution in [3.63, 3.8) is 0 Å². The highest BCUT2D eigenvalue weighted by Gasteiger charge is 2.46. The van der Waals surface area contributed by atoms with Crippen molar-refractivity contribution in [2.45, 2.75) is 82.6 Å². The van der Waals surface area contributed by atoms with Crippen LogP contribution >= 0.6 is 11.6 Å². The molecule has 5 aliphatic rings. The molecule has 0 radical (unpaired) electrons. The van der Waals surface area contributed by atoms with Crippen molar-refractivity contribution >= 4 is 47.0 Å². The highest BCUT2D eigenvalue weighted by atomic mass is 35.5. The van der Waals surface area contributed by atoms with Gasteiger partial charge in [-0.25, -0.2) is 4.99 Å². The molecule has 0 saturated carbocycles. The summed E-state index contributed by atoms with van der Waals surface area (Å²) in [6, 6.07) is 16.6. The van der Waals surface area contributed by atoms with Crippen LogP contribution < -0.4 is 15.0 Å². The number of benzene rings is 3.